The Bertz CT molecular complexity index is 767. The number of rotatable bonds is 3. The van der Waals surface area contributed by atoms with Gasteiger partial charge < -0.3 is 9.84 Å². The highest BCUT2D eigenvalue weighted by molar-refractivity contribution is 8.14. The molecule has 0 fully saturated rings. The summed E-state index contributed by atoms with van der Waals surface area (Å²) >= 11 is 0. The number of methoxy groups -OCH3 is 1. The quantitative estimate of drug-likeness (QED) is 0.881. The number of hydrogen-bond acceptors (Lipinski definition) is 4. The van der Waals surface area contributed by atoms with Gasteiger partial charge in [-0.3, -0.25) is 0 Å². The molecular weight excluding hydrogens is 292 g/mol. The van der Waals surface area contributed by atoms with Crippen molar-refractivity contribution in [1.29, 1.82) is 0 Å². The lowest BCUT2D eigenvalue weighted by Gasteiger charge is -2.11. The smallest absolute Gasteiger partial charge is 0.339 e. The number of halogens is 1. The highest BCUT2D eigenvalue weighted by atomic mass is 35.7. The topological polar surface area (TPSA) is 80.7 Å². The van der Waals surface area contributed by atoms with Crippen molar-refractivity contribution in [2.24, 2.45) is 0 Å². The van der Waals surface area contributed by atoms with Gasteiger partial charge in [0.2, 0.25) is 0 Å². The van der Waals surface area contributed by atoms with Crippen molar-refractivity contribution in [3.05, 3.63) is 35.9 Å². The predicted octanol–water partition coefficient (Wildman–Crippen LogP) is 2.47. The molecule has 0 saturated carbocycles. The molecule has 0 aliphatic rings. The first-order chi connectivity index (χ1) is 8.86. The Labute approximate surface area is 113 Å². The summed E-state index contributed by atoms with van der Waals surface area (Å²) in [7, 11) is 2.61. The van der Waals surface area contributed by atoms with Crippen molar-refractivity contribution < 1.29 is 23.1 Å². The predicted molar refractivity (Wildman–Crippen MR) is 70.5 cm³/mol. The molecule has 0 bridgehead atoms. The van der Waals surface area contributed by atoms with E-state index >= 15 is 0 Å². The van der Waals surface area contributed by atoms with Crippen molar-refractivity contribution >= 4 is 36.5 Å². The molecule has 0 saturated heterocycles. The molecule has 0 heterocycles. The molecule has 0 amide bonds. The number of benzene rings is 2. The maximum absolute atomic E-state index is 11.6. The van der Waals surface area contributed by atoms with E-state index in [0.29, 0.717) is 10.8 Å². The summed E-state index contributed by atoms with van der Waals surface area (Å²) in [5.41, 5.74) is -0.250. The van der Waals surface area contributed by atoms with Crippen molar-refractivity contribution in [3.8, 4) is 5.75 Å². The van der Waals surface area contributed by atoms with E-state index in [0.717, 1.165) is 6.07 Å². The monoisotopic (exact) mass is 300 g/mol. The number of aromatic carboxylic acids is 1. The van der Waals surface area contributed by atoms with Gasteiger partial charge in [-0.05, 0) is 6.07 Å². The average molecular weight is 301 g/mol. The maximum Gasteiger partial charge on any atom is 0.339 e. The summed E-state index contributed by atoms with van der Waals surface area (Å²) in [5, 5.41) is 9.83. The van der Waals surface area contributed by atoms with Crippen LogP contribution in [0, 0.1) is 0 Å². The largest absolute Gasteiger partial charge is 0.495 e. The number of ether oxygens (including phenoxy) is 1. The molecule has 0 radical (unpaired) electrons. The molecule has 1 N–H and O–H groups in total. The zero-order chi connectivity index (χ0) is 14.2. The molecular formula is C12H9ClO5S. The van der Waals surface area contributed by atoms with E-state index in [2.05, 4.69) is 0 Å². The zero-order valence-electron chi connectivity index (χ0n) is 9.75. The highest BCUT2D eigenvalue weighted by Crippen LogP contribution is 2.35. The van der Waals surface area contributed by atoms with Crippen LogP contribution in [0.2, 0.25) is 0 Å². The Morgan fingerprint density at radius 2 is 1.84 bits per heavy atom. The van der Waals surface area contributed by atoms with Gasteiger partial charge in [0.25, 0.3) is 9.05 Å². The second kappa shape index (κ2) is 4.71. The molecule has 19 heavy (non-hydrogen) atoms. The Morgan fingerprint density at radius 3 is 2.32 bits per heavy atom. The number of carboxylic acid groups (broad SMARTS) is 1. The fraction of sp³-hybridized carbons (Fsp3) is 0.0833. The number of carboxylic acids is 1. The lowest BCUT2D eigenvalue weighted by Crippen LogP contribution is -2.04. The van der Waals surface area contributed by atoms with Gasteiger partial charge in [0.15, 0.2) is 0 Å². The average Bonchev–Trinajstić information content (AvgIpc) is 2.35. The molecule has 2 aromatic rings. The maximum atomic E-state index is 11.6. The first kappa shape index (κ1) is 13.6. The minimum absolute atomic E-state index is 0.104. The highest BCUT2D eigenvalue weighted by Gasteiger charge is 2.22. The van der Waals surface area contributed by atoms with Gasteiger partial charge in [-0.2, -0.15) is 0 Å². The third-order valence-corrected chi connectivity index (χ3v) is 4.02. The van der Waals surface area contributed by atoms with E-state index in [-0.39, 0.29) is 16.2 Å². The number of fused-ring (bicyclic) bond motifs is 1. The Hall–Kier alpha value is -1.79. The van der Waals surface area contributed by atoms with Crippen LogP contribution in [0.1, 0.15) is 10.4 Å². The van der Waals surface area contributed by atoms with E-state index in [1.165, 1.54) is 7.11 Å². The van der Waals surface area contributed by atoms with Crippen molar-refractivity contribution in [1.82, 2.24) is 0 Å². The van der Waals surface area contributed by atoms with Gasteiger partial charge in [-0.15, -0.1) is 0 Å². The Morgan fingerprint density at radius 1 is 1.26 bits per heavy atom. The van der Waals surface area contributed by atoms with Crippen LogP contribution in [0.25, 0.3) is 10.8 Å². The van der Waals surface area contributed by atoms with Gasteiger partial charge >= 0.3 is 5.97 Å². The molecule has 0 unspecified atom stereocenters. The molecule has 0 aliphatic carbocycles. The van der Waals surface area contributed by atoms with Crippen LogP contribution in [0.3, 0.4) is 0 Å². The van der Waals surface area contributed by atoms with Gasteiger partial charge in [0, 0.05) is 21.5 Å². The summed E-state index contributed by atoms with van der Waals surface area (Å²) in [6, 6.07) is 7.41. The van der Waals surface area contributed by atoms with E-state index in [1.807, 2.05) is 0 Å². The van der Waals surface area contributed by atoms with Gasteiger partial charge in [0.05, 0.1) is 12.0 Å². The standard InChI is InChI=1S/C12H9ClO5S/c1-18-11-8-5-3-2-4-7(8)10(19(13,16)17)6-9(11)12(14)15/h2-6H,1H3,(H,14,15). The fourth-order valence-corrected chi connectivity index (χ4v) is 2.98. The van der Waals surface area contributed by atoms with Crippen molar-refractivity contribution in [2.45, 2.75) is 4.90 Å². The lowest BCUT2D eigenvalue weighted by atomic mass is 10.1. The van der Waals surface area contributed by atoms with Crippen molar-refractivity contribution in [3.63, 3.8) is 0 Å². The van der Waals surface area contributed by atoms with Crippen molar-refractivity contribution in [2.75, 3.05) is 7.11 Å². The molecule has 100 valence electrons. The molecule has 0 aliphatic heterocycles. The SMILES string of the molecule is COc1c(C(=O)O)cc(S(=O)(=O)Cl)c2ccccc12. The zero-order valence-corrected chi connectivity index (χ0v) is 11.3. The molecule has 0 atom stereocenters. The second-order valence-corrected chi connectivity index (χ2v) is 6.28. The van der Waals surface area contributed by atoms with Gasteiger partial charge in [-0.1, -0.05) is 24.3 Å². The van der Waals surface area contributed by atoms with Crippen LogP contribution in [0.15, 0.2) is 35.2 Å². The summed E-state index contributed by atoms with van der Waals surface area (Å²) in [6.45, 7) is 0. The van der Waals surface area contributed by atoms with Crippen LogP contribution >= 0.6 is 10.7 Å². The summed E-state index contributed by atoms with van der Waals surface area (Å²) in [4.78, 5) is 10.9. The van der Waals surface area contributed by atoms with Gasteiger partial charge in [-0.25, -0.2) is 13.2 Å². The summed E-state index contributed by atoms with van der Waals surface area (Å²) in [6.07, 6.45) is 0. The van der Waals surface area contributed by atoms with Crippen LogP contribution in [0.5, 0.6) is 5.75 Å². The van der Waals surface area contributed by atoms with Crippen LogP contribution < -0.4 is 4.74 Å². The fourth-order valence-electron chi connectivity index (χ4n) is 1.90. The molecule has 2 aromatic carbocycles. The van der Waals surface area contributed by atoms with Crippen LogP contribution in [-0.4, -0.2) is 26.6 Å². The second-order valence-electron chi connectivity index (χ2n) is 3.74. The Balaban J connectivity index is 3.04. The molecule has 5 nitrogen and oxygen atoms in total. The Kier molecular flexibility index (Phi) is 3.38. The van der Waals surface area contributed by atoms with E-state index in [1.54, 1.807) is 24.3 Å². The third kappa shape index (κ3) is 2.36. The van der Waals surface area contributed by atoms with E-state index in [4.69, 9.17) is 20.5 Å². The lowest BCUT2D eigenvalue weighted by molar-refractivity contribution is 0.0693. The van der Waals surface area contributed by atoms with Gasteiger partial charge in [0.1, 0.15) is 11.3 Å². The number of hydrogen-bond donors (Lipinski definition) is 1. The number of carbonyl (C=O) groups is 1. The summed E-state index contributed by atoms with van der Waals surface area (Å²) in [5.74, 6) is -1.18. The third-order valence-electron chi connectivity index (χ3n) is 2.65. The minimum atomic E-state index is -4.06. The van der Waals surface area contributed by atoms with Crippen LogP contribution in [0.4, 0.5) is 0 Å². The first-order valence-corrected chi connectivity index (χ1v) is 7.45. The van der Waals surface area contributed by atoms with Crippen LogP contribution in [-0.2, 0) is 9.05 Å². The molecule has 2 rings (SSSR count). The van der Waals surface area contributed by atoms with E-state index < -0.39 is 15.0 Å². The summed E-state index contributed by atoms with van der Waals surface area (Å²) < 4.78 is 28.2. The first-order valence-electron chi connectivity index (χ1n) is 5.14. The normalized spacial score (nSPS) is 11.5. The molecule has 0 aromatic heterocycles. The molecule has 7 heteroatoms. The van der Waals surface area contributed by atoms with E-state index in [9.17, 15) is 13.2 Å². The minimum Gasteiger partial charge on any atom is -0.495 e. The molecule has 0 spiro atoms.